The van der Waals surface area contributed by atoms with E-state index >= 15 is 0 Å². The van der Waals surface area contributed by atoms with E-state index < -0.39 is 29.2 Å². The molecule has 0 radical (unpaired) electrons. The first kappa shape index (κ1) is 21.6. The third-order valence-electron chi connectivity index (χ3n) is 4.42. The molecule has 0 spiro atoms. The lowest BCUT2D eigenvalue weighted by Gasteiger charge is -2.17. The zero-order valence-corrected chi connectivity index (χ0v) is 16.1. The summed E-state index contributed by atoms with van der Waals surface area (Å²) in [6.45, 7) is 1.48. The topological polar surface area (TPSA) is 114 Å². The van der Waals surface area contributed by atoms with E-state index in [1.54, 1.807) is 36.4 Å². The van der Waals surface area contributed by atoms with Crippen molar-refractivity contribution in [1.82, 2.24) is 15.1 Å². The fourth-order valence-corrected chi connectivity index (χ4v) is 2.87. The Morgan fingerprint density at radius 1 is 1.19 bits per heavy atom. The van der Waals surface area contributed by atoms with Crippen molar-refractivity contribution in [3.05, 3.63) is 87.3 Å². The number of carbonyl (C=O) groups excluding carboxylic acids is 1. The highest BCUT2D eigenvalue weighted by atomic mass is 19.4. The fourth-order valence-electron chi connectivity index (χ4n) is 2.87. The van der Waals surface area contributed by atoms with Crippen LogP contribution in [0.25, 0.3) is 5.69 Å². The van der Waals surface area contributed by atoms with Gasteiger partial charge in [0.1, 0.15) is 11.6 Å². The number of hydrogen-bond acceptors (Lipinski definition) is 5. The summed E-state index contributed by atoms with van der Waals surface area (Å²) in [7, 11) is 0. The Morgan fingerprint density at radius 2 is 1.87 bits per heavy atom. The molecule has 0 aliphatic rings. The van der Waals surface area contributed by atoms with Gasteiger partial charge in [0.15, 0.2) is 5.69 Å². The molecule has 31 heavy (non-hydrogen) atoms. The number of nitrogens with one attached hydrogen (secondary N) is 1. The molecule has 0 aliphatic heterocycles. The zero-order valence-electron chi connectivity index (χ0n) is 16.1. The van der Waals surface area contributed by atoms with E-state index in [9.17, 15) is 28.0 Å². The molecule has 0 bridgehead atoms. The number of nitrogens with two attached hydrogens (primary N) is 1. The summed E-state index contributed by atoms with van der Waals surface area (Å²) in [4.78, 5) is 25.1. The monoisotopic (exact) mass is 427 g/mol. The third kappa shape index (κ3) is 4.72. The number of alkyl halides is 3. The minimum Gasteiger partial charge on any atom is -0.399 e. The molecule has 0 unspecified atom stereocenters. The molecule has 1 atom stereocenters. The third-order valence-corrected chi connectivity index (χ3v) is 4.42. The average molecular weight is 427 g/mol. The van der Waals surface area contributed by atoms with Gasteiger partial charge in [0, 0.05) is 5.69 Å². The second-order valence-electron chi connectivity index (χ2n) is 6.69. The zero-order chi connectivity index (χ0) is 22.8. The molecule has 0 saturated heterocycles. The SMILES string of the molecule is C[C@@H](NC(=O)c1cc(C#N)c(=O)n(-c2ccccc2)n1)c1cc(N)cc(C(F)(F)F)c1. The summed E-state index contributed by atoms with van der Waals surface area (Å²) in [6, 6.07) is 13.1. The van der Waals surface area contributed by atoms with Gasteiger partial charge in [0.05, 0.1) is 17.3 Å². The van der Waals surface area contributed by atoms with E-state index in [1.165, 1.54) is 13.0 Å². The van der Waals surface area contributed by atoms with Crippen LogP contribution in [0.1, 0.15) is 40.1 Å². The number of nitrogen functional groups attached to an aromatic ring is 1. The number of rotatable bonds is 4. The summed E-state index contributed by atoms with van der Waals surface area (Å²) >= 11 is 0. The highest BCUT2D eigenvalue weighted by Gasteiger charge is 2.31. The molecule has 7 nitrogen and oxygen atoms in total. The van der Waals surface area contributed by atoms with Gasteiger partial charge in [-0.25, -0.2) is 0 Å². The minimum absolute atomic E-state index is 0.103. The van der Waals surface area contributed by atoms with Crippen LogP contribution in [-0.4, -0.2) is 15.7 Å². The van der Waals surface area contributed by atoms with Gasteiger partial charge < -0.3 is 11.1 Å². The maximum Gasteiger partial charge on any atom is 0.416 e. The molecule has 3 N–H and O–H groups in total. The maximum atomic E-state index is 13.0. The van der Waals surface area contributed by atoms with Crippen LogP contribution >= 0.6 is 0 Å². The van der Waals surface area contributed by atoms with Crippen LogP contribution in [-0.2, 0) is 6.18 Å². The first-order valence-electron chi connectivity index (χ1n) is 8.98. The van der Waals surface area contributed by atoms with Crippen molar-refractivity contribution in [3.8, 4) is 11.8 Å². The minimum atomic E-state index is -4.59. The summed E-state index contributed by atoms with van der Waals surface area (Å²) < 4.78 is 40.1. The Hall–Kier alpha value is -4.13. The Morgan fingerprint density at radius 3 is 2.48 bits per heavy atom. The number of nitrogens with zero attached hydrogens (tertiary/aromatic N) is 3. The predicted octanol–water partition coefficient (Wildman–Crippen LogP) is 3.20. The van der Waals surface area contributed by atoms with E-state index in [4.69, 9.17) is 5.73 Å². The predicted molar refractivity (Wildman–Crippen MR) is 106 cm³/mol. The van der Waals surface area contributed by atoms with Crippen LogP contribution in [0.5, 0.6) is 0 Å². The number of anilines is 1. The summed E-state index contributed by atoms with van der Waals surface area (Å²) in [6.07, 6.45) is -4.59. The van der Waals surface area contributed by atoms with Crippen molar-refractivity contribution in [3.63, 3.8) is 0 Å². The van der Waals surface area contributed by atoms with Crippen molar-refractivity contribution >= 4 is 11.6 Å². The number of amides is 1. The smallest absolute Gasteiger partial charge is 0.399 e. The Labute approximate surface area is 174 Å². The molecule has 0 fully saturated rings. The number of hydrogen-bond donors (Lipinski definition) is 2. The quantitative estimate of drug-likeness (QED) is 0.621. The van der Waals surface area contributed by atoms with Gasteiger partial charge in [-0.05, 0) is 48.9 Å². The first-order valence-corrected chi connectivity index (χ1v) is 8.98. The molecule has 1 aromatic heterocycles. The van der Waals surface area contributed by atoms with Gasteiger partial charge in [-0.15, -0.1) is 0 Å². The van der Waals surface area contributed by atoms with Crippen LogP contribution in [0.15, 0.2) is 59.4 Å². The molecule has 158 valence electrons. The largest absolute Gasteiger partial charge is 0.416 e. The van der Waals surface area contributed by atoms with Gasteiger partial charge in [0.2, 0.25) is 0 Å². The molecule has 3 rings (SSSR count). The van der Waals surface area contributed by atoms with E-state index in [2.05, 4.69) is 10.4 Å². The average Bonchev–Trinajstić information content (AvgIpc) is 2.73. The van der Waals surface area contributed by atoms with Crippen LogP contribution in [0.2, 0.25) is 0 Å². The molecule has 3 aromatic rings. The van der Waals surface area contributed by atoms with Crippen molar-refractivity contribution < 1.29 is 18.0 Å². The first-order chi connectivity index (χ1) is 14.6. The normalized spacial score (nSPS) is 12.1. The molecular formula is C21H16F3N5O2. The number of halogens is 3. The van der Waals surface area contributed by atoms with Crippen LogP contribution in [0.3, 0.4) is 0 Å². The van der Waals surface area contributed by atoms with Crippen molar-refractivity contribution in [2.24, 2.45) is 0 Å². The lowest BCUT2D eigenvalue weighted by atomic mass is 10.0. The van der Waals surface area contributed by atoms with Crippen LogP contribution in [0.4, 0.5) is 18.9 Å². The van der Waals surface area contributed by atoms with E-state index in [0.717, 1.165) is 22.9 Å². The molecule has 0 aliphatic carbocycles. The van der Waals surface area contributed by atoms with Crippen LogP contribution < -0.4 is 16.6 Å². The Balaban J connectivity index is 1.95. The number of para-hydroxylation sites is 1. The maximum absolute atomic E-state index is 13.0. The molecule has 2 aromatic carbocycles. The van der Waals surface area contributed by atoms with Gasteiger partial charge in [-0.3, -0.25) is 9.59 Å². The lowest BCUT2D eigenvalue weighted by Crippen LogP contribution is -2.32. The van der Waals surface area contributed by atoms with Gasteiger partial charge in [0.25, 0.3) is 11.5 Å². The number of aromatic nitrogens is 2. The highest BCUT2D eigenvalue weighted by Crippen LogP contribution is 2.32. The molecule has 1 heterocycles. The van der Waals surface area contributed by atoms with Crippen molar-refractivity contribution in [2.45, 2.75) is 19.1 Å². The molecule has 0 saturated carbocycles. The summed E-state index contributed by atoms with van der Waals surface area (Å²) in [5, 5.41) is 15.8. The van der Waals surface area contributed by atoms with Crippen LogP contribution in [0, 0.1) is 11.3 Å². The van der Waals surface area contributed by atoms with E-state index in [0.29, 0.717) is 5.69 Å². The van der Waals surface area contributed by atoms with Gasteiger partial charge in [-0.1, -0.05) is 18.2 Å². The van der Waals surface area contributed by atoms with Gasteiger partial charge >= 0.3 is 6.18 Å². The second-order valence-corrected chi connectivity index (χ2v) is 6.69. The number of benzene rings is 2. The van der Waals surface area contributed by atoms with Crippen molar-refractivity contribution in [1.29, 1.82) is 5.26 Å². The van der Waals surface area contributed by atoms with E-state index in [-0.39, 0.29) is 22.5 Å². The summed E-state index contributed by atoms with van der Waals surface area (Å²) in [5.41, 5.74) is 3.76. The van der Waals surface area contributed by atoms with Crippen molar-refractivity contribution in [2.75, 3.05) is 5.73 Å². The summed E-state index contributed by atoms with van der Waals surface area (Å²) in [5.74, 6) is -0.773. The number of carbonyl (C=O) groups is 1. The number of nitriles is 1. The van der Waals surface area contributed by atoms with E-state index in [1.807, 2.05) is 0 Å². The lowest BCUT2D eigenvalue weighted by molar-refractivity contribution is -0.137. The van der Waals surface area contributed by atoms with Gasteiger partial charge in [-0.2, -0.15) is 28.2 Å². The molecular weight excluding hydrogens is 411 g/mol. The second kappa shape index (κ2) is 8.31. The fraction of sp³-hybridized carbons (Fsp3) is 0.143. The molecule has 10 heteroatoms. The Bertz CT molecular complexity index is 1230. The standard InChI is InChI=1S/C21H16F3N5O2/c1-12(13-7-15(21(22,23)24)10-16(26)8-13)27-19(30)18-9-14(11-25)20(31)29(28-18)17-5-3-2-4-6-17/h2-10,12H,26H2,1H3,(H,27,30)/t12-/m1/s1. The molecule has 1 amide bonds. The highest BCUT2D eigenvalue weighted by molar-refractivity contribution is 5.92. The Kier molecular flexibility index (Phi) is 5.79.